The standard InChI is InChI=1S/C11H16ClN3O4/c1-2-14(6-8-19-7-5-12)11(16)9-3-4-10(13-9)15(17)18/h3-4,13H,2,5-8H2,1H3. The van der Waals surface area contributed by atoms with Crippen LogP contribution >= 0.6 is 11.6 Å². The average Bonchev–Trinajstić information content (AvgIpc) is 2.88. The number of amides is 1. The second-order valence-electron chi connectivity index (χ2n) is 3.70. The lowest BCUT2D eigenvalue weighted by Gasteiger charge is -2.18. The lowest BCUT2D eigenvalue weighted by Crippen LogP contribution is -2.34. The second kappa shape index (κ2) is 7.75. The third-order valence-electron chi connectivity index (χ3n) is 2.49. The van der Waals surface area contributed by atoms with Crippen molar-refractivity contribution in [2.45, 2.75) is 6.92 Å². The van der Waals surface area contributed by atoms with Crippen molar-refractivity contribution in [3.05, 3.63) is 27.9 Å². The van der Waals surface area contributed by atoms with Gasteiger partial charge in [0, 0.05) is 25.0 Å². The van der Waals surface area contributed by atoms with E-state index in [9.17, 15) is 14.9 Å². The molecule has 0 radical (unpaired) electrons. The molecule has 0 saturated heterocycles. The van der Waals surface area contributed by atoms with Gasteiger partial charge in [-0.2, -0.15) is 0 Å². The summed E-state index contributed by atoms with van der Waals surface area (Å²) in [7, 11) is 0. The molecule has 19 heavy (non-hydrogen) atoms. The number of ether oxygens (including phenoxy) is 1. The van der Waals surface area contributed by atoms with Gasteiger partial charge in [-0.1, -0.05) is 0 Å². The topological polar surface area (TPSA) is 88.5 Å². The normalized spacial score (nSPS) is 10.4. The van der Waals surface area contributed by atoms with Gasteiger partial charge in [0.05, 0.1) is 13.2 Å². The fourth-order valence-corrected chi connectivity index (χ4v) is 1.63. The highest BCUT2D eigenvalue weighted by molar-refractivity contribution is 6.17. The van der Waals surface area contributed by atoms with Gasteiger partial charge in [0.25, 0.3) is 5.91 Å². The first-order valence-electron chi connectivity index (χ1n) is 5.86. The Balaban J connectivity index is 2.59. The molecule has 0 aliphatic heterocycles. The maximum absolute atomic E-state index is 12.1. The van der Waals surface area contributed by atoms with Crippen LogP contribution in [0, 0.1) is 10.1 Å². The number of halogens is 1. The van der Waals surface area contributed by atoms with Crippen LogP contribution in [0.3, 0.4) is 0 Å². The van der Waals surface area contributed by atoms with Crippen molar-refractivity contribution in [1.82, 2.24) is 9.88 Å². The highest BCUT2D eigenvalue weighted by Crippen LogP contribution is 2.11. The molecular weight excluding hydrogens is 274 g/mol. The number of hydrogen-bond donors (Lipinski definition) is 1. The van der Waals surface area contributed by atoms with E-state index < -0.39 is 4.92 Å². The van der Waals surface area contributed by atoms with E-state index in [0.717, 1.165) is 0 Å². The zero-order valence-electron chi connectivity index (χ0n) is 10.6. The van der Waals surface area contributed by atoms with Crippen LogP contribution in [0.15, 0.2) is 12.1 Å². The van der Waals surface area contributed by atoms with Crippen LogP contribution in [0.25, 0.3) is 0 Å². The monoisotopic (exact) mass is 289 g/mol. The van der Waals surface area contributed by atoms with E-state index in [1.165, 1.54) is 12.1 Å². The van der Waals surface area contributed by atoms with Crippen molar-refractivity contribution in [1.29, 1.82) is 0 Å². The molecule has 1 heterocycles. The van der Waals surface area contributed by atoms with Gasteiger partial charge in [-0.25, -0.2) is 4.98 Å². The van der Waals surface area contributed by atoms with E-state index >= 15 is 0 Å². The first kappa shape index (κ1) is 15.5. The van der Waals surface area contributed by atoms with Crippen molar-refractivity contribution < 1.29 is 14.5 Å². The molecule has 0 aliphatic rings. The SMILES string of the molecule is CCN(CCOCCCl)C(=O)c1ccc([N+](=O)[O-])[nH]1. The van der Waals surface area contributed by atoms with Crippen molar-refractivity contribution in [2.24, 2.45) is 0 Å². The maximum Gasteiger partial charge on any atom is 0.321 e. The van der Waals surface area contributed by atoms with Crippen LogP contribution in [-0.2, 0) is 4.74 Å². The molecule has 0 atom stereocenters. The van der Waals surface area contributed by atoms with Crippen molar-refractivity contribution in [3.8, 4) is 0 Å². The average molecular weight is 290 g/mol. The van der Waals surface area contributed by atoms with Gasteiger partial charge in [0.15, 0.2) is 5.69 Å². The summed E-state index contributed by atoms with van der Waals surface area (Å²) >= 11 is 5.47. The molecule has 1 aromatic heterocycles. The number of aromatic nitrogens is 1. The van der Waals surface area contributed by atoms with Gasteiger partial charge in [0.2, 0.25) is 0 Å². The summed E-state index contributed by atoms with van der Waals surface area (Å²) < 4.78 is 5.20. The number of likely N-dealkylation sites (N-methyl/N-ethyl adjacent to an activating group) is 1. The summed E-state index contributed by atoms with van der Waals surface area (Å²) in [5.74, 6) is -0.0778. The third-order valence-corrected chi connectivity index (χ3v) is 2.65. The molecule has 1 aromatic rings. The number of nitrogens with one attached hydrogen (secondary N) is 1. The highest BCUT2D eigenvalue weighted by atomic mass is 35.5. The number of carbonyl (C=O) groups is 1. The lowest BCUT2D eigenvalue weighted by molar-refractivity contribution is -0.389. The number of alkyl halides is 1. The second-order valence-corrected chi connectivity index (χ2v) is 4.08. The number of aromatic amines is 1. The molecule has 1 amide bonds. The summed E-state index contributed by atoms with van der Waals surface area (Å²) in [4.78, 5) is 26.1. The minimum atomic E-state index is -0.573. The summed E-state index contributed by atoms with van der Waals surface area (Å²) in [6, 6.07) is 2.67. The molecule has 1 N–H and O–H groups in total. The van der Waals surface area contributed by atoms with Crippen LogP contribution in [0.4, 0.5) is 5.82 Å². The van der Waals surface area contributed by atoms with Crippen LogP contribution in [0.5, 0.6) is 0 Å². The van der Waals surface area contributed by atoms with E-state index in [-0.39, 0.29) is 17.4 Å². The number of rotatable bonds is 8. The van der Waals surface area contributed by atoms with Gasteiger partial charge in [-0.3, -0.25) is 4.79 Å². The molecule has 0 aromatic carbocycles. The summed E-state index contributed by atoms with van der Waals surface area (Å²) in [6.07, 6.45) is 0. The van der Waals surface area contributed by atoms with Crippen LogP contribution in [0.1, 0.15) is 17.4 Å². The van der Waals surface area contributed by atoms with Crippen LogP contribution in [0.2, 0.25) is 0 Å². The van der Waals surface area contributed by atoms with Gasteiger partial charge in [-0.05, 0) is 17.9 Å². The van der Waals surface area contributed by atoms with Crippen LogP contribution < -0.4 is 0 Å². The molecular formula is C11H16ClN3O4. The van der Waals surface area contributed by atoms with Gasteiger partial charge in [0.1, 0.15) is 0 Å². The van der Waals surface area contributed by atoms with E-state index in [1.807, 2.05) is 6.92 Å². The molecule has 7 nitrogen and oxygen atoms in total. The minimum Gasteiger partial charge on any atom is -0.378 e. The van der Waals surface area contributed by atoms with E-state index in [0.29, 0.717) is 32.2 Å². The Morgan fingerprint density at radius 3 is 2.79 bits per heavy atom. The van der Waals surface area contributed by atoms with Gasteiger partial charge < -0.3 is 19.8 Å². The van der Waals surface area contributed by atoms with E-state index in [4.69, 9.17) is 16.3 Å². The summed E-state index contributed by atoms with van der Waals surface area (Å²) in [5, 5.41) is 10.5. The highest BCUT2D eigenvalue weighted by Gasteiger charge is 2.20. The van der Waals surface area contributed by atoms with E-state index in [2.05, 4.69) is 4.98 Å². The number of hydrogen-bond acceptors (Lipinski definition) is 4. The Hall–Kier alpha value is -1.60. The molecule has 0 bridgehead atoms. The van der Waals surface area contributed by atoms with Gasteiger partial charge >= 0.3 is 5.82 Å². The molecule has 0 saturated carbocycles. The zero-order valence-corrected chi connectivity index (χ0v) is 11.4. The van der Waals surface area contributed by atoms with Crippen LogP contribution in [-0.4, -0.2) is 52.9 Å². The molecule has 0 spiro atoms. The molecule has 0 aliphatic carbocycles. The van der Waals surface area contributed by atoms with E-state index in [1.54, 1.807) is 4.90 Å². The third kappa shape index (κ3) is 4.53. The number of carbonyl (C=O) groups excluding carboxylic acids is 1. The number of H-pyrrole nitrogens is 1. The quantitative estimate of drug-likeness (QED) is 0.341. The number of nitro groups is 1. The fraction of sp³-hybridized carbons (Fsp3) is 0.545. The first-order valence-corrected chi connectivity index (χ1v) is 6.40. The number of nitrogens with zero attached hydrogens (tertiary/aromatic N) is 2. The molecule has 8 heteroatoms. The Morgan fingerprint density at radius 2 is 2.26 bits per heavy atom. The summed E-state index contributed by atoms with van der Waals surface area (Å²) in [6.45, 7) is 3.56. The lowest BCUT2D eigenvalue weighted by atomic mass is 10.3. The Labute approximate surface area is 115 Å². The molecule has 106 valence electrons. The van der Waals surface area contributed by atoms with Crippen molar-refractivity contribution in [2.75, 3.05) is 32.2 Å². The first-order chi connectivity index (χ1) is 9.10. The predicted molar refractivity (Wildman–Crippen MR) is 70.6 cm³/mol. The largest absolute Gasteiger partial charge is 0.378 e. The summed E-state index contributed by atoms with van der Waals surface area (Å²) in [5.41, 5.74) is 0.200. The fourth-order valence-electron chi connectivity index (χ4n) is 1.52. The molecule has 0 fully saturated rings. The molecule has 1 rings (SSSR count). The smallest absolute Gasteiger partial charge is 0.321 e. The Morgan fingerprint density at radius 1 is 1.53 bits per heavy atom. The zero-order chi connectivity index (χ0) is 14.3. The van der Waals surface area contributed by atoms with Crippen molar-refractivity contribution >= 4 is 23.3 Å². The van der Waals surface area contributed by atoms with Gasteiger partial charge in [-0.15, -0.1) is 11.6 Å². The minimum absolute atomic E-state index is 0.196. The maximum atomic E-state index is 12.1. The predicted octanol–water partition coefficient (Wildman–Crippen LogP) is 1.64. The van der Waals surface area contributed by atoms with Crippen molar-refractivity contribution in [3.63, 3.8) is 0 Å². The Kier molecular flexibility index (Phi) is 6.31. The Bertz CT molecular complexity index is 435. The molecule has 0 unspecified atom stereocenters.